The predicted molar refractivity (Wildman–Crippen MR) is 77.4 cm³/mol. The van der Waals surface area contributed by atoms with E-state index in [0.717, 1.165) is 11.3 Å². The highest BCUT2D eigenvalue weighted by Gasteiger charge is 2.01. The molecule has 0 fully saturated rings. The summed E-state index contributed by atoms with van der Waals surface area (Å²) in [5.74, 6) is 0.847. The van der Waals surface area contributed by atoms with Gasteiger partial charge in [0.05, 0.1) is 0 Å². The van der Waals surface area contributed by atoms with Crippen LogP contribution in [0.4, 0.5) is 0 Å². The third-order valence-corrected chi connectivity index (χ3v) is 3.03. The lowest BCUT2D eigenvalue weighted by atomic mass is 10.0. The summed E-state index contributed by atoms with van der Waals surface area (Å²) in [6.45, 7) is 4.07. The number of hydrogen-bond donors (Lipinski definition) is 0. The number of Topliss-reactive ketones (excluding diaryl/α,β-unsaturated/α-hetero) is 1. The van der Waals surface area contributed by atoms with Crippen molar-refractivity contribution in [2.45, 2.75) is 20.3 Å². The van der Waals surface area contributed by atoms with Gasteiger partial charge in [0.1, 0.15) is 12.4 Å². The van der Waals surface area contributed by atoms with Crippen LogP contribution in [0, 0.1) is 6.92 Å². The van der Waals surface area contributed by atoms with E-state index in [2.05, 4.69) is 31.2 Å². The van der Waals surface area contributed by atoms with E-state index in [0.29, 0.717) is 6.42 Å². The molecular weight excluding hydrogens is 236 g/mol. The molecule has 0 aliphatic rings. The molecule has 0 bridgehead atoms. The van der Waals surface area contributed by atoms with Crippen LogP contribution in [0.5, 0.6) is 5.75 Å². The number of ether oxygens (including phenoxy) is 1. The third-order valence-electron chi connectivity index (χ3n) is 3.03. The summed E-state index contributed by atoms with van der Waals surface area (Å²) in [5, 5.41) is 0. The van der Waals surface area contributed by atoms with Gasteiger partial charge >= 0.3 is 0 Å². The Kier molecular flexibility index (Phi) is 4.35. The van der Waals surface area contributed by atoms with E-state index in [1.54, 1.807) is 0 Å². The van der Waals surface area contributed by atoms with Gasteiger partial charge in [-0.25, -0.2) is 0 Å². The Bertz CT molecular complexity index is 538. The number of carbonyl (C=O) groups excluding carboxylic acids is 1. The van der Waals surface area contributed by atoms with Gasteiger partial charge < -0.3 is 4.74 Å². The van der Waals surface area contributed by atoms with Crippen molar-refractivity contribution in [3.63, 3.8) is 0 Å². The van der Waals surface area contributed by atoms with Crippen molar-refractivity contribution in [2.75, 3.05) is 6.61 Å². The molecule has 0 amide bonds. The van der Waals surface area contributed by atoms with Crippen molar-refractivity contribution in [2.24, 2.45) is 0 Å². The Hall–Kier alpha value is -2.09. The van der Waals surface area contributed by atoms with E-state index in [-0.39, 0.29) is 12.4 Å². The van der Waals surface area contributed by atoms with Gasteiger partial charge in [0.2, 0.25) is 0 Å². The lowest BCUT2D eigenvalue weighted by Crippen LogP contribution is -2.09. The smallest absolute Gasteiger partial charge is 0.169 e. The van der Waals surface area contributed by atoms with Crippen LogP contribution >= 0.6 is 0 Å². The minimum atomic E-state index is 0.114. The molecule has 98 valence electrons. The predicted octanol–water partition coefficient (Wildman–Crippen LogP) is 4.02. The SMILES string of the molecule is CCC(=O)COc1ccc(-c2ccc(C)cc2)cc1. The number of aryl methyl sites for hydroxylation is 1. The average Bonchev–Trinajstić information content (AvgIpc) is 2.46. The fourth-order valence-corrected chi connectivity index (χ4v) is 1.76. The molecule has 2 heteroatoms. The summed E-state index contributed by atoms with van der Waals surface area (Å²) in [4.78, 5) is 11.2. The van der Waals surface area contributed by atoms with Crippen LogP contribution < -0.4 is 4.74 Å². The summed E-state index contributed by atoms with van der Waals surface area (Å²) >= 11 is 0. The fraction of sp³-hybridized carbons (Fsp3) is 0.235. The standard InChI is InChI=1S/C17H18O2/c1-3-16(18)12-19-17-10-8-15(9-11-17)14-6-4-13(2)5-7-14/h4-11H,3,12H2,1-2H3. The van der Waals surface area contributed by atoms with Crippen molar-refractivity contribution < 1.29 is 9.53 Å². The molecule has 0 unspecified atom stereocenters. The first-order chi connectivity index (χ1) is 9.19. The van der Waals surface area contributed by atoms with Crippen LogP contribution in [0.3, 0.4) is 0 Å². The average molecular weight is 254 g/mol. The molecule has 2 aromatic carbocycles. The van der Waals surface area contributed by atoms with Gasteiger partial charge in [0.25, 0.3) is 0 Å². The van der Waals surface area contributed by atoms with Crippen molar-refractivity contribution in [3.05, 3.63) is 54.1 Å². The molecule has 0 spiro atoms. The number of ketones is 1. The van der Waals surface area contributed by atoms with Crippen LogP contribution in [0.2, 0.25) is 0 Å². The Morgan fingerprint density at radius 1 is 0.947 bits per heavy atom. The van der Waals surface area contributed by atoms with Gasteiger partial charge in [-0.05, 0) is 30.2 Å². The molecular formula is C17H18O2. The highest BCUT2D eigenvalue weighted by atomic mass is 16.5. The maximum absolute atomic E-state index is 11.2. The first kappa shape index (κ1) is 13.3. The van der Waals surface area contributed by atoms with Gasteiger partial charge in [0.15, 0.2) is 5.78 Å². The summed E-state index contributed by atoms with van der Waals surface area (Å²) in [6.07, 6.45) is 0.515. The Morgan fingerprint density at radius 3 is 2.00 bits per heavy atom. The molecule has 0 aliphatic carbocycles. The zero-order valence-corrected chi connectivity index (χ0v) is 11.3. The molecule has 19 heavy (non-hydrogen) atoms. The maximum Gasteiger partial charge on any atom is 0.169 e. The number of rotatable bonds is 5. The van der Waals surface area contributed by atoms with E-state index in [1.165, 1.54) is 11.1 Å². The molecule has 0 atom stereocenters. The second kappa shape index (κ2) is 6.19. The monoisotopic (exact) mass is 254 g/mol. The Labute approximate surface area is 114 Å². The van der Waals surface area contributed by atoms with E-state index in [4.69, 9.17) is 4.74 Å². The molecule has 0 saturated heterocycles. The lowest BCUT2D eigenvalue weighted by molar-refractivity contribution is -0.120. The molecule has 0 saturated carbocycles. The third kappa shape index (κ3) is 3.68. The zero-order chi connectivity index (χ0) is 13.7. The van der Waals surface area contributed by atoms with E-state index in [1.807, 2.05) is 31.2 Å². The molecule has 2 rings (SSSR count). The molecule has 0 aromatic heterocycles. The van der Waals surface area contributed by atoms with Crippen molar-refractivity contribution in [1.29, 1.82) is 0 Å². The Balaban J connectivity index is 2.06. The van der Waals surface area contributed by atoms with Gasteiger partial charge in [-0.15, -0.1) is 0 Å². The van der Waals surface area contributed by atoms with E-state index < -0.39 is 0 Å². The van der Waals surface area contributed by atoms with Crippen LogP contribution in [0.1, 0.15) is 18.9 Å². The molecule has 0 aliphatic heterocycles. The fourth-order valence-electron chi connectivity index (χ4n) is 1.76. The minimum absolute atomic E-state index is 0.114. The topological polar surface area (TPSA) is 26.3 Å². The number of carbonyl (C=O) groups is 1. The first-order valence-corrected chi connectivity index (χ1v) is 6.50. The molecule has 2 aromatic rings. The maximum atomic E-state index is 11.2. The first-order valence-electron chi connectivity index (χ1n) is 6.50. The quantitative estimate of drug-likeness (QED) is 0.805. The summed E-state index contributed by atoms with van der Waals surface area (Å²) < 4.78 is 5.42. The minimum Gasteiger partial charge on any atom is -0.486 e. The normalized spacial score (nSPS) is 10.2. The second-order valence-electron chi connectivity index (χ2n) is 4.57. The molecule has 0 heterocycles. The summed E-state index contributed by atoms with van der Waals surface area (Å²) in [7, 11) is 0. The van der Waals surface area contributed by atoms with Crippen molar-refractivity contribution >= 4 is 5.78 Å². The molecule has 0 radical (unpaired) electrons. The molecule has 2 nitrogen and oxygen atoms in total. The zero-order valence-electron chi connectivity index (χ0n) is 11.3. The van der Waals surface area contributed by atoms with Gasteiger partial charge in [-0.2, -0.15) is 0 Å². The molecule has 0 N–H and O–H groups in total. The summed E-state index contributed by atoms with van der Waals surface area (Å²) in [6, 6.07) is 16.2. The van der Waals surface area contributed by atoms with Crippen LogP contribution in [-0.4, -0.2) is 12.4 Å². The van der Waals surface area contributed by atoms with Gasteiger partial charge in [0, 0.05) is 6.42 Å². The highest BCUT2D eigenvalue weighted by Crippen LogP contribution is 2.22. The largest absolute Gasteiger partial charge is 0.486 e. The number of hydrogen-bond acceptors (Lipinski definition) is 2. The van der Waals surface area contributed by atoms with Crippen molar-refractivity contribution in [1.82, 2.24) is 0 Å². The van der Waals surface area contributed by atoms with Crippen molar-refractivity contribution in [3.8, 4) is 16.9 Å². The van der Waals surface area contributed by atoms with E-state index in [9.17, 15) is 4.79 Å². The number of benzene rings is 2. The van der Waals surface area contributed by atoms with Crippen LogP contribution in [-0.2, 0) is 4.79 Å². The van der Waals surface area contributed by atoms with Crippen LogP contribution in [0.25, 0.3) is 11.1 Å². The van der Waals surface area contributed by atoms with Gasteiger partial charge in [-0.1, -0.05) is 48.9 Å². The highest BCUT2D eigenvalue weighted by molar-refractivity contribution is 5.79. The lowest BCUT2D eigenvalue weighted by Gasteiger charge is -2.06. The second-order valence-corrected chi connectivity index (χ2v) is 4.57. The van der Waals surface area contributed by atoms with E-state index >= 15 is 0 Å². The van der Waals surface area contributed by atoms with Crippen LogP contribution in [0.15, 0.2) is 48.5 Å². The Morgan fingerprint density at radius 2 is 1.47 bits per heavy atom. The summed E-state index contributed by atoms with van der Waals surface area (Å²) in [5.41, 5.74) is 3.58. The van der Waals surface area contributed by atoms with Gasteiger partial charge in [-0.3, -0.25) is 4.79 Å².